The molecule has 1 fully saturated rings. The van der Waals surface area contributed by atoms with E-state index in [-0.39, 0.29) is 0 Å². The molecule has 0 amide bonds. The van der Waals surface area contributed by atoms with Gasteiger partial charge in [-0.15, -0.1) is 11.8 Å². The van der Waals surface area contributed by atoms with Gasteiger partial charge in [-0.25, -0.2) is 4.98 Å². The number of nitrogens with zero attached hydrogens (tertiary/aromatic N) is 3. The van der Waals surface area contributed by atoms with Crippen LogP contribution in [0.2, 0.25) is 0 Å². The van der Waals surface area contributed by atoms with Crippen molar-refractivity contribution in [1.29, 1.82) is 0 Å². The van der Waals surface area contributed by atoms with Crippen LogP contribution in [-0.4, -0.2) is 61.7 Å². The van der Waals surface area contributed by atoms with Gasteiger partial charge >= 0.3 is 0 Å². The van der Waals surface area contributed by atoms with Crippen LogP contribution >= 0.6 is 11.8 Å². The quantitative estimate of drug-likeness (QED) is 0.662. The number of pyridine rings is 1. The molecule has 0 saturated carbocycles. The fraction of sp³-hybridized carbons (Fsp3) is 0.476. The Bertz CT molecular complexity index is 672. The Morgan fingerprint density at radius 3 is 2.69 bits per heavy atom. The molecule has 1 aliphatic heterocycles. The fourth-order valence-electron chi connectivity index (χ4n) is 3.26. The molecule has 4 nitrogen and oxygen atoms in total. The molecule has 0 radical (unpaired) electrons. The number of hydrogen-bond acceptors (Lipinski definition) is 5. The van der Waals surface area contributed by atoms with Crippen LogP contribution in [0.1, 0.15) is 17.5 Å². The third kappa shape index (κ3) is 5.73. The number of piperazine rings is 1. The molecular weight excluding hydrogens is 342 g/mol. The van der Waals surface area contributed by atoms with Gasteiger partial charge in [-0.05, 0) is 50.2 Å². The van der Waals surface area contributed by atoms with Gasteiger partial charge in [-0.2, -0.15) is 0 Å². The van der Waals surface area contributed by atoms with E-state index in [1.54, 1.807) is 18.9 Å². The summed E-state index contributed by atoms with van der Waals surface area (Å²) in [4.78, 5) is 9.38. The van der Waals surface area contributed by atoms with Crippen molar-refractivity contribution in [3.8, 4) is 5.75 Å². The van der Waals surface area contributed by atoms with Gasteiger partial charge in [0, 0.05) is 43.7 Å². The van der Waals surface area contributed by atoms with Crippen molar-refractivity contribution in [3.63, 3.8) is 0 Å². The number of ether oxygens (including phenoxy) is 1. The van der Waals surface area contributed by atoms with Crippen molar-refractivity contribution < 1.29 is 4.74 Å². The number of likely N-dealkylation sites (N-methyl/N-ethyl adjacent to an activating group) is 1. The summed E-state index contributed by atoms with van der Waals surface area (Å²) in [6.45, 7) is 5.98. The molecule has 0 spiro atoms. The molecule has 0 aliphatic carbocycles. The zero-order valence-electron chi connectivity index (χ0n) is 15.9. The lowest BCUT2D eigenvalue weighted by atomic mass is 10.1. The van der Waals surface area contributed by atoms with Gasteiger partial charge in [0.2, 0.25) is 0 Å². The SMILES string of the molecule is COc1ccc(CCCN2CCN(C)CC2)cc1CSc1ccccn1. The summed E-state index contributed by atoms with van der Waals surface area (Å²) in [5.74, 6) is 1.85. The number of rotatable bonds is 8. The molecule has 2 aromatic rings. The van der Waals surface area contributed by atoms with Crippen molar-refractivity contribution in [3.05, 3.63) is 53.7 Å². The van der Waals surface area contributed by atoms with Crippen LogP contribution in [0.3, 0.4) is 0 Å². The fourth-order valence-corrected chi connectivity index (χ4v) is 4.10. The Labute approximate surface area is 161 Å². The van der Waals surface area contributed by atoms with E-state index >= 15 is 0 Å². The first-order chi connectivity index (χ1) is 12.7. The Morgan fingerprint density at radius 1 is 1.12 bits per heavy atom. The number of hydrogen-bond donors (Lipinski definition) is 0. The first kappa shape index (κ1) is 19.2. The van der Waals surface area contributed by atoms with E-state index < -0.39 is 0 Å². The van der Waals surface area contributed by atoms with Gasteiger partial charge < -0.3 is 14.5 Å². The molecule has 3 rings (SSSR count). The predicted octanol–water partition coefficient (Wildman–Crippen LogP) is 3.56. The van der Waals surface area contributed by atoms with Crippen molar-refractivity contribution in [2.24, 2.45) is 0 Å². The zero-order chi connectivity index (χ0) is 18.2. The Hall–Kier alpha value is -1.56. The molecule has 1 saturated heterocycles. The molecule has 1 aliphatic rings. The number of methoxy groups -OCH3 is 1. The maximum absolute atomic E-state index is 5.55. The van der Waals surface area contributed by atoms with E-state index in [1.165, 1.54) is 50.3 Å². The molecule has 1 aromatic carbocycles. The average Bonchev–Trinajstić information content (AvgIpc) is 2.69. The van der Waals surface area contributed by atoms with Gasteiger partial charge in [0.1, 0.15) is 5.75 Å². The second-order valence-electron chi connectivity index (χ2n) is 6.85. The van der Waals surface area contributed by atoms with Gasteiger partial charge in [-0.1, -0.05) is 18.2 Å². The lowest BCUT2D eigenvalue weighted by Gasteiger charge is -2.32. The molecule has 2 heterocycles. The largest absolute Gasteiger partial charge is 0.496 e. The summed E-state index contributed by atoms with van der Waals surface area (Å²) in [6, 6.07) is 12.7. The third-order valence-corrected chi connectivity index (χ3v) is 5.89. The molecule has 1 aromatic heterocycles. The van der Waals surface area contributed by atoms with Crippen LogP contribution in [-0.2, 0) is 12.2 Å². The minimum absolute atomic E-state index is 0.881. The van der Waals surface area contributed by atoms with Crippen LogP contribution in [0, 0.1) is 0 Å². The lowest BCUT2D eigenvalue weighted by Crippen LogP contribution is -2.44. The first-order valence-electron chi connectivity index (χ1n) is 9.35. The van der Waals surface area contributed by atoms with Crippen molar-refractivity contribution in [2.45, 2.75) is 23.6 Å². The third-order valence-electron chi connectivity index (χ3n) is 4.89. The predicted molar refractivity (Wildman–Crippen MR) is 109 cm³/mol. The number of aryl methyl sites for hydroxylation is 1. The number of thioether (sulfide) groups is 1. The molecule has 0 N–H and O–H groups in total. The maximum atomic E-state index is 5.55. The summed E-state index contributed by atoms with van der Waals surface area (Å²) in [7, 11) is 3.95. The van der Waals surface area contributed by atoms with Gasteiger partial charge in [0.05, 0.1) is 12.1 Å². The highest BCUT2D eigenvalue weighted by molar-refractivity contribution is 7.98. The molecule has 26 heavy (non-hydrogen) atoms. The highest BCUT2D eigenvalue weighted by Gasteiger charge is 2.13. The standard InChI is InChI=1S/C21H29N3OS/c1-23-12-14-24(15-13-23)11-5-6-18-8-9-20(25-2)19(16-18)17-26-21-7-3-4-10-22-21/h3-4,7-10,16H,5-6,11-15,17H2,1-2H3. The van der Waals surface area contributed by atoms with Crippen LogP contribution in [0.5, 0.6) is 5.75 Å². The summed E-state index contributed by atoms with van der Waals surface area (Å²) >= 11 is 1.75. The summed E-state index contributed by atoms with van der Waals surface area (Å²) in [6.07, 6.45) is 4.18. The van der Waals surface area contributed by atoms with E-state index in [2.05, 4.69) is 46.1 Å². The Kier molecular flexibility index (Phi) is 7.35. The topological polar surface area (TPSA) is 28.6 Å². The molecule has 5 heteroatoms. The van der Waals surface area contributed by atoms with Gasteiger partial charge in [0.25, 0.3) is 0 Å². The summed E-state index contributed by atoms with van der Waals surface area (Å²) in [5, 5.41) is 1.05. The number of aromatic nitrogens is 1. The summed E-state index contributed by atoms with van der Waals surface area (Å²) < 4.78 is 5.55. The molecule has 0 unspecified atom stereocenters. The van der Waals surface area contributed by atoms with Crippen LogP contribution in [0.15, 0.2) is 47.6 Å². The molecule has 0 atom stereocenters. The van der Waals surface area contributed by atoms with E-state index in [9.17, 15) is 0 Å². The minimum atomic E-state index is 0.881. The van der Waals surface area contributed by atoms with E-state index in [0.29, 0.717) is 0 Å². The van der Waals surface area contributed by atoms with Crippen LogP contribution in [0.4, 0.5) is 0 Å². The molecule has 0 bridgehead atoms. The second-order valence-corrected chi connectivity index (χ2v) is 7.85. The van der Waals surface area contributed by atoms with E-state index in [1.807, 2.05) is 18.3 Å². The van der Waals surface area contributed by atoms with Crippen LogP contribution in [0.25, 0.3) is 0 Å². The van der Waals surface area contributed by atoms with Crippen molar-refractivity contribution in [1.82, 2.24) is 14.8 Å². The van der Waals surface area contributed by atoms with E-state index in [0.717, 1.165) is 22.9 Å². The highest BCUT2D eigenvalue weighted by atomic mass is 32.2. The van der Waals surface area contributed by atoms with Crippen molar-refractivity contribution in [2.75, 3.05) is 46.9 Å². The average molecular weight is 372 g/mol. The summed E-state index contributed by atoms with van der Waals surface area (Å²) in [5.41, 5.74) is 2.65. The normalized spacial score (nSPS) is 15.9. The van der Waals surface area contributed by atoms with Gasteiger partial charge in [0.15, 0.2) is 0 Å². The van der Waals surface area contributed by atoms with Crippen LogP contribution < -0.4 is 4.74 Å². The lowest BCUT2D eigenvalue weighted by molar-refractivity contribution is 0.153. The highest BCUT2D eigenvalue weighted by Crippen LogP contribution is 2.28. The Balaban J connectivity index is 1.53. The monoisotopic (exact) mass is 371 g/mol. The Morgan fingerprint density at radius 2 is 1.96 bits per heavy atom. The number of benzene rings is 1. The van der Waals surface area contributed by atoms with Crippen molar-refractivity contribution >= 4 is 11.8 Å². The minimum Gasteiger partial charge on any atom is -0.496 e. The van der Waals surface area contributed by atoms with E-state index in [4.69, 9.17) is 4.74 Å². The first-order valence-corrected chi connectivity index (χ1v) is 10.3. The smallest absolute Gasteiger partial charge is 0.122 e. The second kappa shape index (κ2) is 9.95. The maximum Gasteiger partial charge on any atom is 0.122 e. The molecule has 140 valence electrons. The zero-order valence-corrected chi connectivity index (χ0v) is 16.7. The molecular formula is C21H29N3OS. The van der Waals surface area contributed by atoms with Gasteiger partial charge in [-0.3, -0.25) is 0 Å².